The smallest absolute Gasteiger partial charge is 0.142 e. The van der Waals surface area contributed by atoms with Crippen LogP contribution in [0.25, 0.3) is 0 Å². The van der Waals surface area contributed by atoms with Crippen LogP contribution >= 0.6 is 31.9 Å². The predicted octanol–water partition coefficient (Wildman–Crippen LogP) is 7.32. The van der Waals surface area contributed by atoms with Gasteiger partial charge >= 0.3 is 0 Å². The summed E-state index contributed by atoms with van der Waals surface area (Å²) < 4.78 is 13.3. The number of hydrogen-bond acceptors (Lipinski definition) is 3. The minimum atomic E-state index is 0.423. The van der Waals surface area contributed by atoms with Crippen LogP contribution in [0.15, 0.2) is 93.3 Å². The summed E-state index contributed by atoms with van der Waals surface area (Å²) in [5, 5.41) is 0. The van der Waals surface area contributed by atoms with Crippen molar-refractivity contribution >= 4 is 43.8 Å². The molecule has 0 aliphatic rings. The Morgan fingerprint density at radius 3 is 2.33 bits per heavy atom. The zero-order chi connectivity index (χ0) is 19.1. The molecule has 27 heavy (non-hydrogen) atoms. The van der Waals surface area contributed by atoms with Gasteiger partial charge in [-0.1, -0.05) is 46.8 Å². The standard InChI is InChI=1S/C22H17Br2NO2/c1-2-12-26-22-16(13-17(23)14-21(22)24)15-25-18-8-10-20(11-9-18)27-19-6-4-3-5-7-19/h2-11,13-15H,1,12H2. The molecular formula is C22H17Br2NO2. The monoisotopic (exact) mass is 485 g/mol. The number of halogens is 2. The number of hydrogen-bond donors (Lipinski definition) is 0. The van der Waals surface area contributed by atoms with Crippen LogP contribution in [0, 0.1) is 0 Å². The van der Waals surface area contributed by atoms with E-state index in [0.29, 0.717) is 6.61 Å². The molecule has 0 N–H and O–H groups in total. The molecule has 0 aliphatic heterocycles. The molecule has 136 valence electrons. The highest BCUT2D eigenvalue weighted by atomic mass is 79.9. The summed E-state index contributed by atoms with van der Waals surface area (Å²) in [6, 6.07) is 21.2. The maximum atomic E-state index is 5.80. The van der Waals surface area contributed by atoms with E-state index >= 15 is 0 Å². The van der Waals surface area contributed by atoms with Crippen molar-refractivity contribution < 1.29 is 9.47 Å². The Morgan fingerprint density at radius 2 is 1.63 bits per heavy atom. The molecule has 0 saturated heterocycles. The molecule has 3 rings (SSSR count). The molecule has 0 aliphatic carbocycles. The van der Waals surface area contributed by atoms with Gasteiger partial charge in [0.2, 0.25) is 0 Å². The first kappa shape index (κ1) is 19.4. The number of rotatable bonds is 7. The van der Waals surface area contributed by atoms with E-state index in [9.17, 15) is 0 Å². The summed E-state index contributed by atoms with van der Waals surface area (Å²) in [4.78, 5) is 4.55. The quantitative estimate of drug-likeness (QED) is 0.258. The van der Waals surface area contributed by atoms with E-state index in [4.69, 9.17) is 9.47 Å². The van der Waals surface area contributed by atoms with E-state index in [-0.39, 0.29) is 0 Å². The molecule has 0 spiro atoms. The van der Waals surface area contributed by atoms with Crippen LogP contribution < -0.4 is 9.47 Å². The Labute approximate surface area is 175 Å². The molecular weight excluding hydrogens is 470 g/mol. The van der Waals surface area contributed by atoms with Crippen molar-refractivity contribution in [2.24, 2.45) is 4.99 Å². The van der Waals surface area contributed by atoms with E-state index in [1.54, 1.807) is 12.3 Å². The molecule has 0 radical (unpaired) electrons. The SMILES string of the molecule is C=CCOc1c(Br)cc(Br)cc1C=Nc1ccc(Oc2ccccc2)cc1. The van der Waals surface area contributed by atoms with Crippen LogP contribution in [0.2, 0.25) is 0 Å². The van der Waals surface area contributed by atoms with Crippen LogP contribution in [0.4, 0.5) is 5.69 Å². The van der Waals surface area contributed by atoms with E-state index in [2.05, 4.69) is 43.4 Å². The Morgan fingerprint density at radius 1 is 0.926 bits per heavy atom. The molecule has 3 nitrogen and oxygen atoms in total. The first-order chi connectivity index (χ1) is 13.2. The Bertz CT molecular complexity index is 939. The van der Waals surface area contributed by atoms with E-state index in [0.717, 1.165) is 37.4 Å². The maximum absolute atomic E-state index is 5.80. The normalized spacial score (nSPS) is 10.7. The lowest BCUT2D eigenvalue weighted by Crippen LogP contribution is -1.98. The Kier molecular flexibility index (Phi) is 6.85. The van der Waals surface area contributed by atoms with Crippen LogP contribution in [0.1, 0.15) is 5.56 Å². The average Bonchev–Trinajstić information content (AvgIpc) is 2.67. The molecule has 0 aromatic heterocycles. The molecule has 3 aromatic rings. The summed E-state index contributed by atoms with van der Waals surface area (Å²) in [7, 11) is 0. The topological polar surface area (TPSA) is 30.8 Å². The van der Waals surface area contributed by atoms with Gasteiger partial charge in [0, 0.05) is 16.3 Å². The van der Waals surface area contributed by atoms with Gasteiger partial charge in [-0.2, -0.15) is 0 Å². The fraction of sp³-hybridized carbons (Fsp3) is 0.0455. The van der Waals surface area contributed by atoms with E-state index in [1.807, 2.05) is 66.7 Å². The van der Waals surface area contributed by atoms with Gasteiger partial charge in [-0.15, -0.1) is 0 Å². The number of ether oxygens (including phenoxy) is 2. The van der Waals surface area contributed by atoms with Crippen molar-refractivity contribution in [3.8, 4) is 17.2 Å². The highest BCUT2D eigenvalue weighted by molar-refractivity contribution is 9.11. The Balaban J connectivity index is 1.77. The second-order valence-electron chi connectivity index (χ2n) is 5.57. The van der Waals surface area contributed by atoms with Crippen LogP contribution in [-0.4, -0.2) is 12.8 Å². The van der Waals surface area contributed by atoms with Crippen molar-refractivity contribution in [1.29, 1.82) is 0 Å². The van der Waals surface area contributed by atoms with Crippen molar-refractivity contribution in [2.75, 3.05) is 6.61 Å². The summed E-state index contributed by atoms with van der Waals surface area (Å²) in [6.45, 7) is 4.11. The first-order valence-corrected chi connectivity index (χ1v) is 9.84. The maximum Gasteiger partial charge on any atom is 0.142 e. The average molecular weight is 487 g/mol. The fourth-order valence-corrected chi connectivity index (χ4v) is 3.71. The lowest BCUT2D eigenvalue weighted by atomic mass is 10.2. The molecule has 0 bridgehead atoms. The summed E-state index contributed by atoms with van der Waals surface area (Å²) >= 11 is 7.03. The molecule has 3 aromatic carbocycles. The third-order valence-electron chi connectivity index (χ3n) is 3.55. The lowest BCUT2D eigenvalue weighted by molar-refractivity contribution is 0.360. The van der Waals surface area contributed by atoms with Gasteiger partial charge in [0.05, 0.1) is 10.2 Å². The first-order valence-electron chi connectivity index (χ1n) is 8.25. The predicted molar refractivity (Wildman–Crippen MR) is 118 cm³/mol. The van der Waals surface area contributed by atoms with Gasteiger partial charge in [0.15, 0.2) is 0 Å². The minimum absolute atomic E-state index is 0.423. The van der Waals surface area contributed by atoms with Gasteiger partial charge < -0.3 is 9.47 Å². The molecule has 5 heteroatoms. The van der Waals surface area contributed by atoms with Gasteiger partial charge in [0.25, 0.3) is 0 Å². The number of nitrogens with zero attached hydrogens (tertiary/aromatic N) is 1. The summed E-state index contributed by atoms with van der Waals surface area (Å²) in [5.41, 5.74) is 1.68. The molecule has 0 unspecified atom stereocenters. The Hall–Kier alpha value is -2.37. The van der Waals surface area contributed by atoms with Gasteiger partial charge in [-0.3, -0.25) is 4.99 Å². The zero-order valence-electron chi connectivity index (χ0n) is 14.4. The van der Waals surface area contributed by atoms with Crippen molar-refractivity contribution in [3.05, 3.63) is 93.9 Å². The summed E-state index contributed by atoms with van der Waals surface area (Å²) in [6.07, 6.45) is 3.49. The van der Waals surface area contributed by atoms with Crippen LogP contribution in [-0.2, 0) is 0 Å². The molecule has 0 heterocycles. The fourth-order valence-electron chi connectivity index (χ4n) is 2.34. The van der Waals surface area contributed by atoms with Crippen LogP contribution in [0.3, 0.4) is 0 Å². The lowest BCUT2D eigenvalue weighted by Gasteiger charge is -2.10. The van der Waals surface area contributed by atoms with Gasteiger partial charge in [0.1, 0.15) is 23.9 Å². The van der Waals surface area contributed by atoms with E-state index in [1.165, 1.54) is 0 Å². The van der Waals surface area contributed by atoms with E-state index < -0.39 is 0 Å². The number of para-hydroxylation sites is 1. The molecule has 0 saturated carbocycles. The van der Waals surface area contributed by atoms with Crippen molar-refractivity contribution in [3.63, 3.8) is 0 Å². The second-order valence-corrected chi connectivity index (χ2v) is 7.34. The number of benzene rings is 3. The number of aliphatic imine (C=N–C) groups is 1. The largest absolute Gasteiger partial charge is 0.488 e. The van der Waals surface area contributed by atoms with Gasteiger partial charge in [-0.25, -0.2) is 0 Å². The van der Waals surface area contributed by atoms with Crippen LogP contribution in [0.5, 0.6) is 17.2 Å². The minimum Gasteiger partial charge on any atom is -0.488 e. The molecule has 0 atom stereocenters. The van der Waals surface area contributed by atoms with Gasteiger partial charge in [-0.05, 0) is 64.5 Å². The third-order valence-corrected chi connectivity index (χ3v) is 4.60. The highest BCUT2D eigenvalue weighted by Gasteiger charge is 2.08. The van der Waals surface area contributed by atoms with Crippen molar-refractivity contribution in [2.45, 2.75) is 0 Å². The molecule has 0 fully saturated rings. The summed E-state index contributed by atoms with van der Waals surface area (Å²) in [5.74, 6) is 2.29. The molecule has 0 amide bonds. The van der Waals surface area contributed by atoms with Crippen molar-refractivity contribution in [1.82, 2.24) is 0 Å². The third kappa shape index (κ3) is 5.55. The zero-order valence-corrected chi connectivity index (χ0v) is 17.6. The highest BCUT2D eigenvalue weighted by Crippen LogP contribution is 2.32. The second kappa shape index (κ2) is 9.53.